The largest absolute Gasteiger partial charge is 0.436 e. The number of halogens is 2. The number of nitrogens with zero attached hydrogens (tertiary/aromatic N) is 1. The molecule has 2 aromatic rings. The van der Waals surface area contributed by atoms with Gasteiger partial charge in [0, 0.05) is 18.3 Å². The topological polar surface area (TPSA) is 22.1 Å². The minimum absolute atomic E-state index is 0.416. The second-order valence-electron chi connectivity index (χ2n) is 2.75. The van der Waals surface area contributed by atoms with Crippen molar-refractivity contribution in [2.75, 3.05) is 0 Å². The Balaban J connectivity index is 2.32. The Labute approximate surface area is 97.4 Å². The van der Waals surface area contributed by atoms with Crippen LogP contribution < -0.4 is 4.74 Å². The predicted octanol–water partition coefficient (Wildman–Crippen LogP) is 3.98. The van der Waals surface area contributed by atoms with Gasteiger partial charge in [-0.25, -0.2) is 4.98 Å². The molecule has 1 heterocycles. The smallest absolute Gasteiger partial charge is 0.219 e. The number of pyridine rings is 1. The van der Waals surface area contributed by atoms with Gasteiger partial charge in [-0.2, -0.15) is 0 Å². The molecule has 1 aromatic heterocycles. The zero-order valence-corrected chi connectivity index (χ0v) is 9.09. The lowest BCUT2D eigenvalue weighted by Crippen LogP contribution is -1.88. The first-order valence-electron chi connectivity index (χ1n) is 4.21. The third kappa shape index (κ3) is 2.41. The molecule has 0 amide bonds. The molecule has 1 aromatic carbocycles. The van der Waals surface area contributed by atoms with Crippen LogP contribution in [0.3, 0.4) is 0 Å². The second-order valence-corrected chi connectivity index (χ2v) is 3.56. The summed E-state index contributed by atoms with van der Waals surface area (Å²) in [6.45, 7) is 0. The van der Waals surface area contributed by atoms with Crippen molar-refractivity contribution in [3.8, 4) is 11.6 Å². The van der Waals surface area contributed by atoms with Crippen molar-refractivity contribution in [1.82, 2.24) is 4.98 Å². The van der Waals surface area contributed by atoms with Crippen LogP contribution in [0.1, 0.15) is 0 Å². The molecule has 0 spiro atoms. The van der Waals surface area contributed by atoms with Crippen LogP contribution in [0.2, 0.25) is 10.0 Å². The van der Waals surface area contributed by atoms with Gasteiger partial charge >= 0.3 is 0 Å². The normalized spacial score (nSPS) is 10.0. The molecule has 0 aliphatic carbocycles. The SMILES string of the molecule is Clc1cccc(Cl)c1Oc1cc[c]cn1. The molecule has 0 aliphatic heterocycles. The van der Waals surface area contributed by atoms with Crippen LogP contribution in [-0.4, -0.2) is 4.98 Å². The van der Waals surface area contributed by atoms with E-state index < -0.39 is 0 Å². The first-order chi connectivity index (χ1) is 7.27. The molecule has 0 saturated heterocycles. The van der Waals surface area contributed by atoms with Crippen molar-refractivity contribution in [3.05, 3.63) is 52.6 Å². The van der Waals surface area contributed by atoms with Crippen LogP contribution in [0.5, 0.6) is 11.6 Å². The maximum absolute atomic E-state index is 5.93. The van der Waals surface area contributed by atoms with Crippen molar-refractivity contribution in [1.29, 1.82) is 0 Å². The van der Waals surface area contributed by atoms with E-state index in [4.69, 9.17) is 27.9 Å². The molecule has 0 saturated carbocycles. The monoisotopic (exact) mass is 238 g/mol. The molecule has 0 fully saturated rings. The molecule has 0 unspecified atom stereocenters. The Morgan fingerprint density at radius 1 is 1.13 bits per heavy atom. The van der Waals surface area contributed by atoms with E-state index in [9.17, 15) is 0 Å². The molecule has 75 valence electrons. The summed E-state index contributed by atoms with van der Waals surface area (Å²) in [6, 6.07) is 11.3. The molecule has 15 heavy (non-hydrogen) atoms. The standard InChI is InChI=1S/C11H6Cl2NO/c12-8-4-3-5-9(13)11(8)15-10-6-1-2-7-14-10/h1,3-7H. The summed E-state index contributed by atoms with van der Waals surface area (Å²) in [7, 11) is 0. The number of para-hydroxylation sites is 1. The van der Waals surface area contributed by atoms with E-state index in [-0.39, 0.29) is 0 Å². The third-order valence-electron chi connectivity index (χ3n) is 1.71. The molecule has 2 rings (SSSR count). The van der Waals surface area contributed by atoms with Crippen molar-refractivity contribution in [3.63, 3.8) is 0 Å². The van der Waals surface area contributed by atoms with Gasteiger partial charge in [-0.05, 0) is 18.2 Å². The van der Waals surface area contributed by atoms with E-state index in [2.05, 4.69) is 11.1 Å². The van der Waals surface area contributed by atoms with E-state index in [1.54, 1.807) is 30.3 Å². The molecule has 0 N–H and O–H groups in total. The number of ether oxygens (including phenoxy) is 1. The Morgan fingerprint density at radius 3 is 2.47 bits per heavy atom. The highest BCUT2D eigenvalue weighted by molar-refractivity contribution is 6.37. The fourth-order valence-corrected chi connectivity index (χ4v) is 1.53. The highest BCUT2D eigenvalue weighted by Crippen LogP contribution is 2.35. The van der Waals surface area contributed by atoms with E-state index in [0.29, 0.717) is 21.7 Å². The molecule has 0 aliphatic rings. The van der Waals surface area contributed by atoms with Gasteiger partial charge in [0.15, 0.2) is 5.75 Å². The summed E-state index contributed by atoms with van der Waals surface area (Å²) < 4.78 is 5.44. The Hall–Kier alpha value is -1.25. The van der Waals surface area contributed by atoms with Crippen molar-refractivity contribution in [2.45, 2.75) is 0 Å². The van der Waals surface area contributed by atoms with Crippen LogP contribution in [0.15, 0.2) is 36.5 Å². The van der Waals surface area contributed by atoms with Crippen LogP contribution in [0.4, 0.5) is 0 Å². The van der Waals surface area contributed by atoms with Crippen LogP contribution in [0, 0.1) is 6.07 Å². The van der Waals surface area contributed by atoms with Crippen LogP contribution in [-0.2, 0) is 0 Å². The summed E-state index contributed by atoms with van der Waals surface area (Å²) in [5, 5.41) is 0.911. The first-order valence-corrected chi connectivity index (χ1v) is 4.97. The second kappa shape index (κ2) is 4.51. The molecular formula is C11H6Cl2NO. The van der Waals surface area contributed by atoms with Crippen molar-refractivity contribution >= 4 is 23.2 Å². The Morgan fingerprint density at radius 2 is 1.87 bits per heavy atom. The number of aromatic nitrogens is 1. The zero-order chi connectivity index (χ0) is 10.7. The van der Waals surface area contributed by atoms with Crippen LogP contribution >= 0.6 is 23.2 Å². The van der Waals surface area contributed by atoms with Gasteiger partial charge in [-0.1, -0.05) is 29.3 Å². The number of rotatable bonds is 2. The Kier molecular flexibility index (Phi) is 3.09. The summed E-state index contributed by atoms with van der Waals surface area (Å²) in [5.74, 6) is 0.850. The summed E-state index contributed by atoms with van der Waals surface area (Å²) >= 11 is 11.9. The maximum Gasteiger partial charge on any atom is 0.219 e. The molecule has 0 bridgehead atoms. The van der Waals surface area contributed by atoms with Gasteiger partial charge in [0.05, 0.1) is 10.0 Å². The number of hydrogen-bond acceptors (Lipinski definition) is 2. The third-order valence-corrected chi connectivity index (χ3v) is 2.31. The summed E-state index contributed by atoms with van der Waals surface area (Å²) in [4.78, 5) is 3.96. The lowest BCUT2D eigenvalue weighted by Gasteiger charge is -2.07. The molecule has 2 nitrogen and oxygen atoms in total. The number of hydrogen-bond donors (Lipinski definition) is 0. The van der Waals surface area contributed by atoms with Crippen molar-refractivity contribution < 1.29 is 4.74 Å². The average Bonchev–Trinajstić information content (AvgIpc) is 2.25. The molecular weight excluding hydrogens is 233 g/mol. The average molecular weight is 239 g/mol. The lowest BCUT2D eigenvalue weighted by molar-refractivity contribution is 0.463. The van der Waals surface area contributed by atoms with E-state index in [1.807, 2.05) is 0 Å². The lowest BCUT2D eigenvalue weighted by atomic mass is 10.3. The molecule has 4 heteroatoms. The fraction of sp³-hybridized carbons (Fsp3) is 0. The Bertz CT molecular complexity index is 439. The van der Waals surface area contributed by atoms with Gasteiger partial charge in [0.1, 0.15) is 0 Å². The van der Waals surface area contributed by atoms with Crippen molar-refractivity contribution in [2.24, 2.45) is 0 Å². The van der Waals surface area contributed by atoms with Gasteiger partial charge in [0.2, 0.25) is 5.88 Å². The zero-order valence-electron chi connectivity index (χ0n) is 7.58. The quantitative estimate of drug-likeness (QED) is 0.790. The fourth-order valence-electron chi connectivity index (χ4n) is 1.05. The van der Waals surface area contributed by atoms with E-state index >= 15 is 0 Å². The van der Waals surface area contributed by atoms with Gasteiger partial charge in [-0.15, -0.1) is 0 Å². The maximum atomic E-state index is 5.93. The van der Waals surface area contributed by atoms with Crippen LogP contribution in [0.25, 0.3) is 0 Å². The highest BCUT2D eigenvalue weighted by Gasteiger charge is 2.07. The van der Waals surface area contributed by atoms with Gasteiger partial charge in [0.25, 0.3) is 0 Å². The summed E-state index contributed by atoms with van der Waals surface area (Å²) in [5.41, 5.74) is 0. The first kappa shape index (κ1) is 10.3. The molecule has 0 atom stereocenters. The molecule has 1 radical (unpaired) electrons. The number of benzene rings is 1. The highest BCUT2D eigenvalue weighted by atomic mass is 35.5. The minimum Gasteiger partial charge on any atom is -0.436 e. The van der Waals surface area contributed by atoms with E-state index in [1.165, 1.54) is 6.20 Å². The minimum atomic E-state index is 0.416. The predicted molar refractivity (Wildman–Crippen MR) is 59.6 cm³/mol. The van der Waals surface area contributed by atoms with E-state index in [0.717, 1.165) is 0 Å². The van der Waals surface area contributed by atoms with Gasteiger partial charge in [-0.3, -0.25) is 0 Å². The summed E-state index contributed by atoms with van der Waals surface area (Å²) in [6.07, 6.45) is 1.51. The van der Waals surface area contributed by atoms with Gasteiger partial charge < -0.3 is 4.74 Å².